The molecule has 0 saturated heterocycles. The highest BCUT2D eigenvalue weighted by molar-refractivity contribution is 5.91. The van der Waals surface area contributed by atoms with Crippen molar-refractivity contribution in [1.82, 2.24) is 10.6 Å². The third-order valence-corrected chi connectivity index (χ3v) is 3.22. The van der Waals surface area contributed by atoms with Crippen molar-refractivity contribution in [2.45, 2.75) is 6.92 Å². The first-order valence-electron chi connectivity index (χ1n) is 7.16. The van der Waals surface area contributed by atoms with Crippen LogP contribution >= 0.6 is 0 Å². The molecular formula is C15H17N3O6. The van der Waals surface area contributed by atoms with Gasteiger partial charge < -0.3 is 25.4 Å². The van der Waals surface area contributed by atoms with Crippen molar-refractivity contribution in [3.05, 3.63) is 23.8 Å². The van der Waals surface area contributed by atoms with E-state index in [1.54, 1.807) is 17.0 Å². The van der Waals surface area contributed by atoms with Gasteiger partial charge in [-0.1, -0.05) is 6.07 Å². The molecule has 0 spiro atoms. The molecule has 3 N–H and O–H groups in total. The molecule has 1 aliphatic rings. The minimum atomic E-state index is -1.17. The number of carboxylic acids is 1. The zero-order valence-electron chi connectivity index (χ0n) is 13.0. The molecule has 0 aliphatic carbocycles. The summed E-state index contributed by atoms with van der Waals surface area (Å²) in [5.74, 6) is -2.34. The Morgan fingerprint density at radius 2 is 1.92 bits per heavy atom. The van der Waals surface area contributed by atoms with Crippen molar-refractivity contribution >= 4 is 29.4 Å². The number of nitrogens with zero attached hydrogens (tertiary/aromatic N) is 1. The predicted molar refractivity (Wildman–Crippen MR) is 82.7 cm³/mol. The maximum Gasteiger partial charge on any atom is 0.331 e. The summed E-state index contributed by atoms with van der Waals surface area (Å²) >= 11 is 0. The SMILES string of the molecule is Cc1ccc2c(c1)OC(=O)CN2CC(=O)NCC(=O)NCC(=O)O. The van der Waals surface area contributed by atoms with Crippen LogP contribution in [-0.2, 0) is 19.2 Å². The third-order valence-electron chi connectivity index (χ3n) is 3.22. The third kappa shape index (κ3) is 4.70. The van der Waals surface area contributed by atoms with Crippen molar-refractivity contribution in [3.63, 3.8) is 0 Å². The largest absolute Gasteiger partial charge is 0.480 e. The number of hydrogen-bond acceptors (Lipinski definition) is 6. The van der Waals surface area contributed by atoms with Gasteiger partial charge in [-0.15, -0.1) is 0 Å². The molecule has 1 heterocycles. The zero-order chi connectivity index (χ0) is 17.7. The second kappa shape index (κ2) is 7.44. The van der Waals surface area contributed by atoms with Crippen LogP contribution in [0.4, 0.5) is 5.69 Å². The molecule has 128 valence electrons. The lowest BCUT2D eigenvalue weighted by molar-refractivity contribution is -0.137. The fourth-order valence-electron chi connectivity index (χ4n) is 2.15. The average molecular weight is 335 g/mol. The van der Waals surface area contributed by atoms with Gasteiger partial charge in [0.05, 0.1) is 18.8 Å². The van der Waals surface area contributed by atoms with Crippen molar-refractivity contribution in [1.29, 1.82) is 0 Å². The van der Waals surface area contributed by atoms with E-state index in [1.165, 1.54) is 0 Å². The van der Waals surface area contributed by atoms with Crippen LogP contribution in [0.25, 0.3) is 0 Å². The minimum absolute atomic E-state index is 0.0747. The number of hydrogen-bond donors (Lipinski definition) is 3. The fraction of sp³-hybridized carbons (Fsp3) is 0.333. The Hall–Kier alpha value is -3.10. The van der Waals surface area contributed by atoms with E-state index < -0.39 is 30.3 Å². The second-order valence-corrected chi connectivity index (χ2v) is 5.25. The topological polar surface area (TPSA) is 125 Å². The van der Waals surface area contributed by atoms with Crippen LogP contribution in [0.3, 0.4) is 0 Å². The number of ether oxygens (including phenoxy) is 1. The molecule has 1 aromatic carbocycles. The van der Waals surface area contributed by atoms with Crippen molar-refractivity contribution in [3.8, 4) is 5.75 Å². The second-order valence-electron chi connectivity index (χ2n) is 5.25. The molecule has 0 unspecified atom stereocenters. The number of aryl methyl sites for hydroxylation is 1. The van der Waals surface area contributed by atoms with E-state index in [-0.39, 0.29) is 19.6 Å². The van der Waals surface area contributed by atoms with Gasteiger partial charge in [-0.05, 0) is 24.6 Å². The number of carbonyl (C=O) groups is 4. The summed E-state index contributed by atoms with van der Waals surface area (Å²) in [6.45, 7) is 0.798. The number of benzene rings is 1. The molecule has 1 aromatic rings. The molecule has 9 nitrogen and oxygen atoms in total. The number of carboxylic acid groups (broad SMARTS) is 1. The standard InChI is InChI=1S/C15H17N3O6/c1-9-2-3-10-11(4-9)24-15(23)8-18(10)7-13(20)16-5-12(19)17-6-14(21)22/h2-4H,5-8H2,1H3,(H,16,20)(H,17,19)(H,21,22). The summed E-state index contributed by atoms with van der Waals surface area (Å²) < 4.78 is 5.15. The van der Waals surface area contributed by atoms with Gasteiger partial charge in [0.2, 0.25) is 11.8 Å². The number of rotatable bonds is 6. The summed E-state index contributed by atoms with van der Waals surface area (Å²) in [5.41, 5.74) is 1.54. The molecule has 2 rings (SSSR count). The number of anilines is 1. The summed E-state index contributed by atoms with van der Waals surface area (Å²) in [5, 5.41) is 12.9. The number of aliphatic carboxylic acids is 1. The Morgan fingerprint density at radius 1 is 1.21 bits per heavy atom. The van der Waals surface area contributed by atoms with Gasteiger partial charge >= 0.3 is 11.9 Å². The quantitative estimate of drug-likeness (QED) is 0.451. The summed E-state index contributed by atoms with van der Waals surface area (Å²) in [6, 6.07) is 5.29. The van der Waals surface area contributed by atoms with E-state index in [1.807, 2.05) is 13.0 Å². The number of nitrogens with one attached hydrogen (secondary N) is 2. The Labute approximate surface area is 137 Å². The first kappa shape index (κ1) is 17.3. The maximum atomic E-state index is 11.9. The molecule has 9 heteroatoms. The molecule has 0 fully saturated rings. The molecule has 2 amide bonds. The molecule has 0 radical (unpaired) electrons. The van der Waals surface area contributed by atoms with E-state index in [2.05, 4.69) is 10.6 Å². The molecule has 0 bridgehead atoms. The number of esters is 1. The highest BCUT2D eigenvalue weighted by atomic mass is 16.5. The van der Waals surface area contributed by atoms with Crippen molar-refractivity contribution in [2.24, 2.45) is 0 Å². The van der Waals surface area contributed by atoms with E-state index in [9.17, 15) is 19.2 Å². The van der Waals surface area contributed by atoms with Gasteiger partial charge in [-0.2, -0.15) is 0 Å². The lowest BCUT2D eigenvalue weighted by Crippen LogP contribution is -2.46. The Kier molecular flexibility index (Phi) is 5.35. The van der Waals surface area contributed by atoms with Gasteiger partial charge in [-0.25, -0.2) is 4.79 Å². The number of fused-ring (bicyclic) bond motifs is 1. The number of carbonyl (C=O) groups excluding carboxylic acids is 3. The van der Waals surface area contributed by atoms with Gasteiger partial charge in [0.15, 0.2) is 5.75 Å². The van der Waals surface area contributed by atoms with Gasteiger partial charge in [0.25, 0.3) is 0 Å². The smallest absolute Gasteiger partial charge is 0.331 e. The number of amides is 2. The normalized spacial score (nSPS) is 12.9. The summed E-state index contributed by atoms with van der Waals surface area (Å²) in [7, 11) is 0. The van der Waals surface area contributed by atoms with Crippen LogP contribution in [-0.4, -0.2) is 55.0 Å². The fourth-order valence-corrected chi connectivity index (χ4v) is 2.15. The highest BCUT2D eigenvalue weighted by Gasteiger charge is 2.25. The highest BCUT2D eigenvalue weighted by Crippen LogP contribution is 2.32. The van der Waals surface area contributed by atoms with E-state index in [0.717, 1.165) is 5.56 Å². The van der Waals surface area contributed by atoms with Crippen molar-refractivity contribution < 1.29 is 29.0 Å². The molecular weight excluding hydrogens is 318 g/mol. The van der Waals surface area contributed by atoms with Crippen LogP contribution in [0.2, 0.25) is 0 Å². The summed E-state index contributed by atoms with van der Waals surface area (Å²) in [6.07, 6.45) is 0. The molecule has 24 heavy (non-hydrogen) atoms. The van der Waals surface area contributed by atoms with E-state index in [4.69, 9.17) is 9.84 Å². The predicted octanol–water partition coefficient (Wildman–Crippen LogP) is -0.963. The molecule has 1 aliphatic heterocycles. The molecule has 0 atom stereocenters. The van der Waals surface area contributed by atoms with Gasteiger partial charge in [0.1, 0.15) is 13.1 Å². The zero-order valence-corrected chi connectivity index (χ0v) is 13.0. The lowest BCUT2D eigenvalue weighted by Gasteiger charge is -2.29. The van der Waals surface area contributed by atoms with Crippen LogP contribution in [0.5, 0.6) is 5.75 Å². The lowest BCUT2D eigenvalue weighted by atomic mass is 10.1. The Morgan fingerprint density at radius 3 is 2.62 bits per heavy atom. The Balaban J connectivity index is 1.91. The van der Waals surface area contributed by atoms with Crippen LogP contribution < -0.4 is 20.3 Å². The van der Waals surface area contributed by atoms with Gasteiger partial charge in [0, 0.05) is 0 Å². The summed E-state index contributed by atoms with van der Waals surface area (Å²) in [4.78, 5) is 46.8. The Bertz CT molecular complexity index is 688. The first-order chi connectivity index (χ1) is 11.3. The van der Waals surface area contributed by atoms with E-state index >= 15 is 0 Å². The maximum absolute atomic E-state index is 11.9. The average Bonchev–Trinajstić information content (AvgIpc) is 2.50. The van der Waals surface area contributed by atoms with Crippen molar-refractivity contribution in [2.75, 3.05) is 31.1 Å². The minimum Gasteiger partial charge on any atom is -0.480 e. The van der Waals surface area contributed by atoms with Gasteiger partial charge in [-0.3, -0.25) is 14.4 Å². The first-order valence-corrected chi connectivity index (χ1v) is 7.16. The molecule has 0 saturated carbocycles. The monoisotopic (exact) mass is 335 g/mol. The van der Waals surface area contributed by atoms with Crippen LogP contribution in [0.15, 0.2) is 18.2 Å². The molecule has 0 aromatic heterocycles. The van der Waals surface area contributed by atoms with E-state index in [0.29, 0.717) is 11.4 Å². The van der Waals surface area contributed by atoms with Crippen LogP contribution in [0, 0.1) is 6.92 Å². The van der Waals surface area contributed by atoms with Crippen LogP contribution in [0.1, 0.15) is 5.56 Å².